The Morgan fingerprint density at radius 3 is 2.52 bits per heavy atom. The van der Waals surface area contributed by atoms with Gasteiger partial charge >= 0.3 is 0 Å². The maximum atomic E-state index is 12.4. The SMILES string of the molecule is Cc1ccc(SCCNC(=O)C2CCN(C3CCOCC3)CC2)cc1. The summed E-state index contributed by atoms with van der Waals surface area (Å²) in [6.45, 7) is 6.74. The van der Waals surface area contributed by atoms with E-state index in [0.717, 1.165) is 64.3 Å². The van der Waals surface area contributed by atoms with Crippen LogP contribution in [0.1, 0.15) is 31.2 Å². The molecule has 0 saturated carbocycles. The first kappa shape index (κ1) is 18.7. The molecule has 3 rings (SSSR count). The molecule has 2 fully saturated rings. The number of hydrogen-bond donors (Lipinski definition) is 1. The highest BCUT2D eigenvalue weighted by Gasteiger charge is 2.29. The molecular formula is C20H30N2O2S. The Bertz CT molecular complexity index is 535. The van der Waals surface area contributed by atoms with Crippen molar-refractivity contribution < 1.29 is 9.53 Å². The first-order chi connectivity index (χ1) is 12.2. The summed E-state index contributed by atoms with van der Waals surface area (Å²) in [6, 6.07) is 9.23. The summed E-state index contributed by atoms with van der Waals surface area (Å²) in [6.07, 6.45) is 4.28. The average molecular weight is 363 g/mol. The lowest BCUT2D eigenvalue weighted by Crippen LogP contribution is -2.46. The number of nitrogens with one attached hydrogen (secondary N) is 1. The van der Waals surface area contributed by atoms with Crippen LogP contribution in [0, 0.1) is 12.8 Å². The molecule has 1 N–H and O–H groups in total. The van der Waals surface area contributed by atoms with Crippen molar-refractivity contribution >= 4 is 17.7 Å². The van der Waals surface area contributed by atoms with Gasteiger partial charge in [0.25, 0.3) is 0 Å². The van der Waals surface area contributed by atoms with E-state index >= 15 is 0 Å². The molecule has 1 amide bonds. The molecular weight excluding hydrogens is 332 g/mol. The third-order valence-electron chi connectivity index (χ3n) is 5.30. The van der Waals surface area contributed by atoms with Crippen molar-refractivity contribution in [3.05, 3.63) is 29.8 Å². The summed E-state index contributed by atoms with van der Waals surface area (Å²) in [5.41, 5.74) is 1.28. The number of aryl methyl sites for hydroxylation is 1. The second kappa shape index (κ2) is 9.60. The van der Waals surface area contributed by atoms with Gasteiger partial charge in [-0.1, -0.05) is 17.7 Å². The van der Waals surface area contributed by atoms with Crippen molar-refractivity contribution in [3.63, 3.8) is 0 Å². The van der Waals surface area contributed by atoms with Gasteiger partial charge in [-0.05, 0) is 57.8 Å². The molecule has 4 nitrogen and oxygen atoms in total. The number of piperidine rings is 1. The minimum Gasteiger partial charge on any atom is -0.381 e. The Morgan fingerprint density at radius 1 is 1.16 bits per heavy atom. The minimum absolute atomic E-state index is 0.195. The first-order valence-electron chi connectivity index (χ1n) is 9.51. The number of carbonyl (C=O) groups is 1. The van der Waals surface area contributed by atoms with Crippen molar-refractivity contribution in [2.45, 2.75) is 43.5 Å². The average Bonchev–Trinajstić information content (AvgIpc) is 2.67. The standard InChI is InChI=1S/C20H30N2O2S/c1-16-2-4-19(5-3-16)25-15-10-21-20(23)17-6-11-22(12-7-17)18-8-13-24-14-9-18/h2-5,17-18H,6-15H2,1H3,(H,21,23). The lowest BCUT2D eigenvalue weighted by molar-refractivity contribution is -0.126. The number of hydrogen-bond acceptors (Lipinski definition) is 4. The van der Waals surface area contributed by atoms with E-state index in [-0.39, 0.29) is 11.8 Å². The number of nitrogens with zero attached hydrogens (tertiary/aromatic N) is 1. The Balaban J connectivity index is 1.31. The third-order valence-corrected chi connectivity index (χ3v) is 6.31. The maximum Gasteiger partial charge on any atom is 0.223 e. The summed E-state index contributed by atoms with van der Waals surface area (Å²) in [5.74, 6) is 1.37. The second-order valence-corrected chi connectivity index (χ2v) is 8.27. The van der Waals surface area contributed by atoms with E-state index in [9.17, 15) is 4.79 Å². The second-order valence-electron chi connectivity index (χ2n) is 7.11. The lowest BCUT2D eigenvalue weighted by atomic mass is 9.93. The highest BCUT2D eigenvalue weighted by Crippen LogP contribution is 2.23. The van der Waals surface area contributed by atoms with Crippen LogP contribution in [0.15, 0.2) is 29.2 Å². The van der Waals surface area contributed by atoms with Crippen LogP contribution in [0.2, 0.25) is 0 Å². The van der Waals surface area contributed by atoms with Gasteiger partial charge in [0.2, 0.25) is 5.91 Å². The predicted octanol–water partition coefficient (Wildman–Crippen LogP) is 3.09. The smallest absolute Gasteiger partial charge is 0.223 e. The fourth-order valence-corrected chi connectivity index (χ4v) is 4.47. The molecule has 0 atom stereocenters. The Kier molecular flexibility index (Phi) is 7.20. The van der Waals surface area contributed by atoms with E-state index in [1.807, 2.05) is 0 Å². The van der Waals surface area contributed by atoms with Gasteiger partial charge in [0.15, 0.2) is 0 Å². The fraction of sp³-hybridized carbons (Fsp3) is 0.650. The van der Waals surface area contributed by atoms with E-state index in [4.69, 9.17) is 4.74 Å². The molecule has 0 radical (unpaired) electrons. The summed E-state index contributed by atoms with van der Waals surface area (Å²) >= 11 is 1.80. The first-order valence-corrected chi connectivity index (χ1v) is 10.5. The number of rotatable bonds is 6. The summed E-state index contributed by atoms with van der Waals surface area (Å²) in [5, 5.41) is 3.13. The van der Waals surface area contributed by atoms with Crippen molar-refractivity contribution in [2.75, 3.05) is 38.6 Å². The molecule has 0 spiro atoms. The molecule has 1 aromatic rings. The van der Waals surface area contributed by atoms with Crippen LogP contribution in [0.4, 0.5) is 0 Å². The molecule has 0 unspecified atom stereocenters. The molecule has 2 aliphatic rings. The van der Waals surface area contributed by atoms with Gasteiger partial charge in [0.1, 0.15) is 0 Å². The quantitative estimate of drug-likeness (QED) is 0.624. The number of thioether (sulfide) groups is 1. The molecule has 2 aliphatic heterocycles. The topological polar surface area (TPSA) is 41.6 Å². The third kappa shape index (κ3) is 5.73. The Morgan fingerprint density at radius 2 is 1.84 bits per heavy atom. The molecule has 0 aliphatic carbocycles. The Labute approximate surface area is 155 Å². The van der Waals surface area contributed by atoms with Crippen molar-refractivity contribution in [1.29, 1.82) is 0 Å². The summed E-state index contributed by atoms with van der Waals surface area (Å²) in [7, 11) is 0. The van der Waals surface area contributed by atoms with Crippen LogP contribution in [0.3, 0.4) is 0 Å². The molecule has 2 heterocycles. The van der Waals surface area contributed by atoms with E-state index in [0.29, 0.717) is 6.04 Å². The van der Waals surface area contributed by atoms with E-state index in [1.165, 1.54) is 10.5 Å². The van der Waals surface area contributed by atoms with Gasteiger partial charge in [0.05, 0.1) is 0 Å². The van der Waals surface area contributed by atoms with Gasteiger partial charge < -0.3 is 15.0 Å². The van der Waals surface area contributed by atoms with E-state index < -0.39 is 0 Å². The lowest BCUT2D eigenvalue weighted by Gasteiger charge is -2.38. The highest BCUT2D eigenvalue weighted by molar-refractivity contribution is 7.99. The van der Waals surface area contributed by atoms with Gasteiger partial charge in [-0.2, -0.15) is 0 Å². The largest absolute Gasteiger partial charge is 0.381 e. The van der Waals surface area contributed by atoms with Crippen molar-refractivity contribution in [3.8, 4) is 0 Å². The normalized spacial score (nSPS) is 20.5. The van der Waals surface area contributed by atoms with E-state index in [1.54, 1.807) is 11.8 Å². The molecule has 25 heavy (non-hydrogen) atoms. The number of ether oxygens (including phenoxy) is 1. The maximum absolute atomic E-state index is 12.4. The minimum atomic E-state index is 0.195. The van der Waals surface area contributed by atoms with Crippen molar-refractivity contribution in [2.24, 2.45) is 5.92 Å². The zero-order chi connectivity index (χ0) is 17.5. The number of carbonyl (C=O) groups excluding carboxylic acids is 1. The molecule has 0 aromatic heterocycles. The fourth-order valence-electron chi connectivity index (χ4n) is 3.70. The van der Waals surface area contributed by atoms with Gasteiger partial charge in [-0.25, -0.2) is 0 Å². The van der Waals surface area contributed by atoms with Crippen LogP contribution in [-0.4, -0.2) is 55.4 Å². The molecule has 2 saturated heterocycles. The Hall–Kier alpha value is -1.04. The number of likely N-dealkylation sites (tertiary alicyclic amines) is 1. The monoisotopic (exact) mass is 362 g/mol. The van der Waals surface area contributed by atoms with Gasteiger partial charge in [-0.3, -0.25) is 4.79 Å². The molecule has 1 aromatic carbocycles. The number of amides is 1. The van der Waals surface area contributed by atoms with Crippen LogP contribution in [0.25, 0.3) is 0 Å². The molecule has 5 heteroatoms. The summed E-state index contributed by atoms with van der Waals surface area (Å²) in [4.78, 5) is 16.2. The number of benzene rings is 1. The van der Waals surface area contributed by atoms with Crippen LogP contribution >= 0.6 is 11.8 Å². The van der Waals surface area contributed by atoms with Crippen molar-refractivity contribution in [1.82, 2.24) is 10.2 Å². The van der Waals surface area contributed by atoms with Crippen LogP contribution < -0.4 is 5.32 Å². The predicted molar refractivity (Wildman–Crippen MR) is 103 cm³/mol. The zero-order valence-corrected chi connectivity index (χ0v) is 16.0. The van der Waals surface area contributed by atoms with E-state index in [2.05, 4.69) is 41.4 Å². The molecule has 138 valence electrons. The highest BCUT2D eigenvalue weighted by atomic mass is 32.2. The van der Waals surface area contributed by atoms with Crippen LogP contribution in [-0.2, 0) is 9.53 Å². The van der Waals surface area contributed by atoms with Gasteiger partial charge in [0, 0.05) is 42.4 Å². The van der Waals surface area contributed by atoms with Gasteiger partial charge in [-0.15, -0.1) is 11.8 Å². The van der Waals surface area contributed by atoms with Crippen LogP contribution in [0.5, 0.6) is 0 Å². The molecule has 0 bridgehead atoms. The zero-order valence-electron chi connectivity index (χ0n) is 15.2. The summed E-state index contributed by atoms with van der Waals surface area (Å²) < 4.78 is 5.45.